The van der Waals surface area contributed by atoms with E-state index in [-0.39, 0.29) is 0 Å². The molecule has 0 bridgehead atoms. The van der Waals surface area contributed by atoms with Gasteiger partial charge in [0.2, 0.25) is 0 Å². The van der Waals surface area contributed by atoms with Crippen molar-refractivity contribution in [1.29, 1.82) is 0 Å². The van der Waals surface area contributed by atoms with Crippen LogP contribution in [0, 0.1) is 13.8 Å². The first-order valence-corrected chi connectivity index (χ1v) is 8.16. The largest absolute Gasteiger partial charge is 0.353 e. The van der Waals surface area contributed by atoms with Gasteiger partial charge in [-0.3, -0.25) is 9.88 Å². The van der Waals surface area contributed by atoms with Crippen molar-refractivity contribution in [2.45, 2.75) is 26.4 Å². The molecule has 3 rings (SSSR count). The van der Waals surface area contributed by atoms with Crippen LogP contribution in [-0.2, 0) is 6.54 Å². The molecule has 22 heavy (non-hydrogen) atoms. The van der Waals surface area contributed by atoms with Crippen LogP contribution < -0.4 is 4.90 Å². The lowest BCUT2D eigenvalue weighted by Gasteiger charge is -2.45. The molecule has 0 radical (unpaired) electrons. The maximum absolute atomic E-state index is 4.43. The lowest BCUT2D eigenvalue weighted by Crippen LogP contribution is -2.58. The monoisotopic (exact) mass is 361 g/mol. The van der Waals surface area contributed by atoms with E-state index in [0.717, 1.165) is 35.6 Å². The fourth-order valence-corrected chi connectivity index (χ4v) is 3.12. The second-order valence-corrected chi connectivity index (χ2v) is 6.81. The smallest absolute Gasteiger partial charge is 0.135 e. The van der Waals surface area contributed by atoms with Gasteiger partial charge in [0.15, 0.2) is 0 Å². The molecule has 0 saturated carbocycles. The second kappa shape index (κ2) is 6.30. The molecule has 0 atom stereocenters. The summed E-state index contributed by atoms with van der Waals surface area (Å²) in [5, 5.41) is 0. The first kappa shape index (κ1) is 15.4. The fraction of sp³-hybridized carbons (Fsp3) is 0.438. The number of hydrogen-bond donors (Lipinski definition) is 0. The molecule has 116 valence electrons. The summed E-state index contributed by atoms with van der Waals surface area (Å²) < 4.78 is 1.03. The Morgan fingerprint density at radius 3 is 2.77 bits per heavy atom. The Balaban J connectivity index is 1.60. The highest BCUT2D eigenvalue weighted by Crippen LogP contribution is 2.26. The van der Waals surface area contributed by atoms with Gasteiger partial charge in [-0.05, 0) is 48.5 Å². The lowest BCUT2D eigenvalue weighted by molar-refractivity contribution is 0.196. The van der Waals surface area contributed by atoms with E-state index in [1.165, 1.54) is 11.1 Å². The van der Waals surface area contributed by atoms with Gasteiger partial charge in [0.1, 0.15) is 12.1 Å². The predicted molar refractivity (Wildman–Crippen MR) is 90.9 cm³/mol. The Morgan fingerprint density at radius 1 is 1.27 bits per heavy atom. The van der Waals surface area contributed by atoms with Crippen molar-refractivity contribution in [3.8, 4) is 0 Å². The van der Waals surface area contributed by atoms with E-state index in [2.05, 4.69) is 60.7 Å². The van der Waals surface area contributed by atoms with Crippen molar-refractivity contribution >= 4 is 21.7 Å². The first-order chi connectivity index (χ1) is 10.5. The number of nitrogens with zero attached hydrogens (tertiary/aromatic N) is 5. The van der Waals surface area contributed by atoms with Gasteiger partial charge >= 0.3 is 0 Å². The van der Waals surface area contributed by atoms with E-state index < -0.39 is 0 Å². The highest BCUT2D eigenvalue weighted by molar-refractivity contribution is 9.10. The minimum atomic E-state index is 0.550. The van der Waals surface area contributed by atoms with Crippen LogP contribution in [0.4, 0.5) is 5.82 Å². The van der Waals surface area contributed by atoms with Crippen LogP contribution in [0.3, 0.4) is 0 Å². The Morgan fingerprint density at radius 2 is 2.05 bits per heavy atom. The molecule has 0 amide bonds. The van der Waals surface area contributed by atoms with Crippen molar-refractivity contribution < 1.29 is 0 Å². The van der Waals surface area contributed by atoms with Crippen LogP contribution in [0.25, 0.3) is 0 Å². The minimum absolute atomic E-state index is 0.550. The SMILES string of the molecule is Cc1ncnc(N2CC(N(C)Cc3cncc(Br)c3)C2)c1C. The third kappa shape index (κ3) is 3.13. The quantitative estimate of drug-likeness (QED) is 0.837. The molecule has 0 aromatic carbocycles. The first-order valence-electron chi connectivity index (χ1n) is 7.37. The molecule has 2 aromatic rings. The van der Waals surface area contributed by atoms with Gasteiger partial charge in [0.05, 0.1) is 0 Å². The highest BCUT2D eigenvalue weighted by atomic mass is 79.9. The normalized spacial score (nSPS) is 15.2. The number of aromatic nitrogens is 3. The second-order valence-electron chi connectivity index (χ2n) is 5.89. The van der Waals surface area contributed by atoms with Crippen LogP contribution in [-0.4, -0.2) is 46.0 Å². The summed E-state index contributed by atoms with van der Waals surface area (Å²) in [6.07, 6.45) is 5.40. The Labute approximate surface area is 139 Å². The molecule has 3 heterocycles. The summed E-state index contributed by atoms with van der Waals surface area (Å²) in [5.41, 5.74) is 3.46. The summed E-state index contributed by atoms with van der Waals surface area (Å²) in [4.78, 5) is 17.6. The molecule has 2 aromatic heterocycles. The number of likely N-dealkylation sites (N-methyl/N-ethyl adjacent to an activating group) is 1. The van der Waals surface area contributed by atoms with Gasteiger partial charge < -0.3 is 4.90 Å². The number of hydrogen-bond acceptors (Lipinski definition) is 5. The standard InChI is InChI=1S/C16H20BrN5/c1-11-12(2)19-10-20-16(11)22-8-15(9-22)21(3)7-13-4-14(17)6-18-5-13/h4-6,10,15H,7-9H2,1-3H3. The zero-order chi connectivity index (χ0) is 15.7. The molecule has 0 spiro atoms. The summed E-state index contributed by atoms with van der Waals surface area (Å²) in [5.74, 6) is 1.07. The molecule has 1 fully saturated rings. The van der Waals surface area contributed by atoms with E-state index in [1.807, 2.05) is 19.3 Å². The average Bonchev–Trinajstić information content (AvgIpc) is 2.42. The summed E-state index contributed by atoms with van der Waals surface area (Å²) in [7, 11) is 2.17. The lowest BCUT2D eigenvalue weighted by atomic mass is 10.1. The third-order valence-electron chi connectivity index (χ3n) is 4.29. The van der Waals surface area contributed by atoms with Crippen molar-refractivity contribution in [1.82, 2.24) is 19.9 Å². The van der Waals surface area contributed by atoms with Gasteiger partial charge in [0, 0.05) is 53.8 Å². The molecule has 0 N–H and O–H groups in total. The molecule has 6 heteroatoms. The fourth-order valence-electron chi connectivity index (χ4n) is 2.71. The maximum atomic E-state index is 4.43. The molecular weight excluding hydrogens is 342 g/mol. The third-order valence-corrected chi connectivity index (χ3v) is 4.72. The summed E-state index contributed by atoms with van der Waals surface area (Å²) in [6, 6.07) is 2.67. The van der Waals surface area contributed by atoms with Gasteiger partial charge in [-0.15, -0.1) is 0 Å². The number of aryl methyl sites for hydroxylation is 1. The molecule has 1 aliphatic heterocycles. The molecule has 1 saturated heterocycles. The zero-order valence-electron chi connectivity index (χ0n) is 13.1. The van der Waals surface area contributed by atoms with E-state index in [9.17, 15) is 0 Å². The van der Waals surface area contributed by atoms with E-state index >= 15 is 0 Å². The maximum Gasteiger partial charge on any atom is 0.135 e. The van der Waals surface area contributed by atoms with Crippen LogP contribution in [0.5, 0.6) is 0 Å². The summed E-state index contributed by atoms with van der Waals surface area (Å²) >= 11 is 3.47. The minimum Gasteiger partial charge on any atom is -0.353 e. The Hall–Kier alpha value is -1.53. The van der Waals surface area contributed by atoms with Gasteiger partial charge in [0.25, 0.3) is 0 Å². The number of halogens is 1. The molecule has 0 unspecified atom stereocenters. The Kier molecular flexibility index (Phi) is 4.40. The Bertz CT molecular complexity index is 669. The molecule has 1 aliphatic rings. The van der Waals surface area contributed by atoms with Crippen molar-refractivity contribution in [2.24, 2.45) is 0 Å². The van der Waals surface area contributed by atoms with E-state index in [0.29, 0.717) is 6.04 Å². The van der Waals surface area contributed by atoms with Crippen LogP contribution in [0.15, 0.2) is 29.3 Å². The highest BCUT2D eigenvalue weighted by Gasteiger charge is 2.31. The molecule has 0 aliphatic carbocycles. The number of rotatable bonds is 4. The van der Waals surface area contributed by atoms with Crippen molar-refractivity contribution in [3.63, 3.8) is 0 Å². The number of pyridine rings is 1. The van der Waals surface area contributed by atoms with Crippen LogP contribution in [0.2, 0.25) is 0 Å². The van der Waals surface area contributed by atoms with Gasteiger partial charge in [-0.25, -0.2) is 9.97 Å². The number of anilines is 1. The topological polar surface area (TPSA) is 45.2 Å². The van der Waals surface area contributed by atoms with Gasteiger partial charge in [-0.2, -0.15) is 0 Å². The average molecular weight is 362 g/mol. The van der Waals surface area contributed by atoms with Crippen molar-refractivity contribution in [3.05, 3.63) is 46.1 Å². The summed E-state index contributed by atoms with van der Waals surface area (Å²) in [6.45, 7) is 7.05. The van der Waals surface area contributed by atoms with Crippen molar-refractivity contribution in [2.75, 3.05) is 25.0 Å². The van der Waals surface area contributed by atoms with Gasteiger partial charge in [-0.1, -0.05) is 0 Å². The van der Waals surface area contributed by atoms with E-state index in [1.54, 1.807) is 6.33 Å². The van der Waals surface area contributed by atoms with E-state index in [4.69, 9.17) is 0 Å². The van der Waals surface area contributed by atoms with Crippen LogP contribution >= 0.6 is 15.9 Å². The van der Waals surface area contributed by atoms with Crippen LogP contribution in [0.1, 0.15) is 16.8 Å². The zero-order valence-corrected chi connectivity index (χ0v) is 14.7. The predicted octanol–water partition coefficient (Wildman–Crippen LogP) is 2.57. The molecule has 5 nitrogen and oxygen atoms in total. The molecular formula is C16H20BrN5.